The maximum atomic E-state index is 13.6. The van der Waals surface area contributed by atoms with Crippen LogP contribution in [0.2, 0.25) is 0 Å². The van der Waals surface area contributed by atoms with E-state index in [4.69, 9.17) is 4.74 Å². The minimum absolute atomic E-state index is 0.173. The number of ether oxygens (including phenoxy) is 1. The van der Waals surface area contributed by atoms with Crippen molar-refractivity contribution in [2.45, 2.75) is 70.6 Å². The standard InChI is InChI=1S/C35H43N7O6/c1-22(2)31-35(47)41-17-7-10-29(41)34(46)38-23(3)32(44)39-28(18-24-11-13-27(14-12-24)48-21-30(43)40-31)33(45)36-16-15-25-19-37-42(20-25)26-8-5-4-6-9-26/h4-6,8-9,11-14,19-20,22-23,28-29,31H,7,10,15-18,21H2,1-3H3,(H,36,45)(H,38,46)(H,39,44)(H,40,43)/t23-,28-,29+,31-/m0/s1. The first-order chi connectivity index (χ1) is 23.1. The number of rotatable bonds is 6. The summed E-state index contributed by atoms with van der Waals surface area (Å²) in [5.41, 5.74) is 2.61. The summed E-state index contributed by atoms with van der Waals surface area (Å²) < 4.78 is 7.44. The van der Waals surface area contributed by atoms with Gasteiger partial charge in [-0.15, -0.1) is 0 Å². The molecule has 5 amide bonds. The second kappa shape index (κ2) is 15.6. The van der Waals surface area contributed by atoms with Gasteiger partial charge in [0, 0.05) is 25.7 Å². The lowest BCUT2D eigenvalue weighted by Gasteiger charge is -2.31. The lowest BCUT2D eigenvalue weighted by atomic mass is 10.0. The Morgan fingerprint density at radius 1 is 1.00 bits per heavy atom. The molecule has 0 radical (unpaired) electrons. The van der Waals surface area contributed by atoms with Gasteiger partial charge < -0.3 is 30.9 Å². The van der Waals surface area contributed by atoms with E-state index in [0.717, 1.165) is 16.8 Å². The molecule has 1 aromatic heterocycles. The second-order valence-electron chi connectivity index (χ2n) is 12.6. The van der Waals surface area contributed by atoms with Gasteiger partial charge in [0.25, 0.3) is 5.91 Å². The van der Waals surface area contributed by atoms with Crippen molar-refractivity contribution in [3.8, 4) is 11.4 Å². The number of carbonyl (C=O) groups is 5. The summed E-state index contributed by atoms with van der Waals surface area (Å²) in [6, 6.07) is 13.0. The Morgan fingerprint density at radius 2 is 1.75 bits per heavy atom. The predicted molar refractivity (Wildman–Crippen MR) is 177 cm³/mol. The summed E-state index contributed by atoms with van der Waals surface area (Å²) >= 11 is 0. The van der Waals surface area contributed by atoms with Crippen molar-refractivity contribution < 1.29 is 28.7 Å². The number of carbonyl (C=O) groups excluding carboxylic acids is 5. The van der Waals surface area contributed by atoms with Gasteiger partial charge in [-0.2, -0.15) is 5.10 Å². The quantitative estimate of drug-likeness (QED) is 0.310. The zero-order valence-electron chi connectivity index (χ0n) is 27.5. The van der Waals surface area contributed by atoms with Crippen molar-refractivity contribution in [2.24, 2.45) is 5.92 Å². The Kier molecular flexibility index (Phi) is 11.1. The van der Waals surface area contributed by atoms with Crippen LogP contribution in [0.3, 0.4) is 0 Å². The van der Waals surface area contributed by atoms with Crippen LogP contribution < -0.4 is 26.0 Å². The van der Waals surface area contributed by atoms with Gasteiger partial charge in [0.05, 0.1) is 11.9 Å². The van der Waals surface area contributed by atoms with Crippen LogP contribution in [0, 0.1) is 5.92 Å². The van der Waals surface area contributed by atoms with Crippen LogP contribution in [0.1, 0.15) is 44.7 Å². The van der Waals surface area contributed by atoms with E-state index in [-0.39, 0.29) is 30.8 Å². The van der Waals surface area contributed by atoms with E-state index in [1.165, 1.54) is 4.90 Å². The zero-order chi connectivity index (χ0) is 34.2. The number of hydrogen-bond acceptors (Lipinski definition) is 7. The molecular formula is C35H43N7O6. The van der Waals surface area contributed by atoms with E-state index in [1.807, 2.05) is 50.4 Å². The molecule has 13 heteroatoms. The van der Waals surface area contributed by atoms with Crippen LogP contribution in [0.5, 0.6) is 5.75 Å². The largest absolute Gasteiger partial charge is 0.484 e. The van der Waals surface area contributed by atoms with E-state index in [9.17, 15) is 24.0 Å². The molecule has 0 unspecified atom stereocenters. The summed E-state index contributed by atoms with van der Waals surface area (Å²) in [5, 5.41) is 15.6. The third-order valence-electron chi connectivity index (χ3n) is 8.58. The number of para-hydroxylation sites is 1. The van der Waals surface area contributed by atoms with Crippen LogP contribution in [-0.4, -0.2) is 88.1 Å². The van der Waals surface area contributed by atoms with Gasteiger partial charge in [0.1, 0.15) is 29.9 Å². The number of nitrogens with zero attached hydrogens (tertiary/aromatic N) is 3. The summed E-state index contributed by atoms with van der Waals surface area (Å²) in [5.74, 6) is -2.01. The highest BCUT2D eigenvalue weighted by atomic mass is 16.5. The van der Waals surface area contributed by atoms with Gasteiger partial charge in [0.2, 0.25) is 23.6 Å². The first-order valence-corrected chi connectivity index (χ1v) is 16.4. The SMILES string of the molecule is CC(C)[C@@H]1NC(=O)COc2ccc(cc2)C[C@@H](C(=O)NCCc2cnn(-c3ccccc3)c2)NC(=O)[C@H](C)NC(=O)[C@H]2CCCN2C1=O. The maximum absolute atomic E-state index is 13.6. The van der Waals surface area contributed by atoms with Crippen LogP contribution in [0.15, 0.2) is 67.0 Å². The highest BCUT2D eigenvalue weighted by Gasteiger charge is 2.39. The third kappa shape index (κ3) is 8.58. The van der Waals surface area contributed by atoms with Crippen molar-refractivity contribution in [3.05, 3.63) is 78.1 Å². The molecule has 48 heavy (non-hydrogen) atoms. The number of hydrogen-bond donors (Lipinski definition) is 4. The summed E-state index contributed by atoms with van der Waals surface area (Å²) in [6.07, 6.45) is 5.39. The van der Waals surface area contributed by atoms with Gasteiger partial charge in [-0.1, -0.05) is 44.2 Å². The molecule has 1 fully saturated rings. The average molecular weight is 658 g/mol. The second-order valence-corrected chi connectivity index (χ2v) is 12.6. The Morgan fingerprint density at radius 3 is 2.48 bits per heavy atom. The minimum atomic E-state index is -0.979. The Bertz CT molecular complexity index is 1610. The van der Waals surface area contributed by atoms with E-state index < -0.39 is 41.9 Å². The fourth-order valence-corrected chi connectivity index (χ4v) is 5.86. The Hall–Kier alpha value is -5.20. The summed E-state index contributed by atoms with van der Waals surface area (Å²) in [7, 11) is 0. The number of nitrogens with one attached hydrogen (secondary N) is 4. The molecule has 0 spiro atoms. The molecule has 6 rings (SSSR count). The summed E-state index contributed by atoms with van der Waals surface area (Å²) in [4.78, 5) is 68.0. The first kappa shape index (κ1) is 34.1. The van der Waals surface area contributed by atoms with Crippen molar-refractivity contribution >= 4 is 29.5 Å². The highest BCUT2D eigenvalue weighted by Crippen LogP contribution is 2.21. The molecule has 3 aliphatic heterocycles. The maximum Gasteiger partial charge on any atom is 0.258 e. The average Bonchev–Trinajstić information content (AvgIpc) is 3.77. The fourth-order valence-electron chi connectivity index (χ4n) is 5.86. The topological polar surface area (TPSA) is 164 Å². The molecule has 4 heterocycles. The smallest absolute Gasteiger partial charge is 0.258 e. The van der Waals surface area contributed by atoms with Gasteiger partial charge in [-0.3, -0.25) is 24.0 Å². The molecular weight excluding hydrogens is 614 g/mol. The molecule has 254 valence electrons. The van der Waals surface area contributed by atoms with Gasteiger partial charge >= 0.3 is 0 Å². The lowest BCUT2D eigenvalue weighted by Crippen LogP contribution is -2.58. The molecule has 3 aromatic rings. The molecule has 3 aliphatic rings. The van der Waals surface area contributed by atoms with Crippen molar-refractivity contribution in [2.75, 3.05) is 19.7 Å². The summed E-state index contributed by atoms with van der Waals surface area (Å²) in [6.45, 7) is 5.55. The van der Waals surface area contributed by atoms with Crippen LogP contribution >= 0.6 is 0 Å². The lowest BCUT2D eigenvalue weighted by molar-refractivity contribution is -0.143. The monoisotopic (exact) mass is 657 g/mol. The number of benzene rings is 2. The number of aromatic nitrogens is 2. The normalized spacial score (nSPS) is 22.5. The van der Waals surface area contributed by atoms with E-state index >= 15 is 0 Å². The highest BCUT2D eigenvalue weighted by molar-refractivity contribution is 5.96. The van der Waals surface area contributed by atoms with E-state index in [2.05, 4.69) is 26.4 Å². The van der Waals surface area contributed by atoms with Crippen molar-refractivity contribution in [3.63, 3.8) is 0 Å². The molecule has 13 nitrogen and oxygen atoms in total. The molecule has 2 aromatic carbocycles. The number of fused-ring (bicyclic) bond motifs is 13. The third-order valence-corrected chi connectivity index (χ3v) is 8.58. The van der Waals surface area contributed by atoms with Crippen LogP contribution in [-0.2, 0) is 36.8 Å². The van der Waals surface area contributed by atoms with Crippen LogP contribution in [0.4, 0.5) is 0 Å². The molecule has 4 atom stereocenters. The van der Waals surface area contributed by atoms with Crippen molar-refractivity contribution in [1.82, 2.24) is 35.9 Å². The zero-order valence-corrected chi connectivity index (χ0v) is 27.5. The number of amides is 5. The van der Waals surface area contributed by atoms with E-state index in [1.54, 1.807) is 42.1 Å². The Labute approximate surface area is 279 Å². The molecule has 0 aliphatic carbocycles. The first-order valence-electron chi connectivity index (χ1n) is 16.4. The van der Waals surface area contributed by atoms with E-state index in [0.29, 0.717) is 38.1 Å². The van der Waals surface area contributed by atoms with Gasteiger partial charge in [-0.25, -0.2) is 4.68 Å². The molecule has 2 bridgehead atoms. The van der Waals surface area contributed by atoms with Gasteiger partial charge in [0.15, 0.2) is 6.61 Å². The molecule has 4 N–H and O–H groups in total. The predicted octanol–water partition coefficient (Wildman–Crippen LogP) is 1.29. The molecule has 1 saturated heterocycles. The Balaban J connectivity index is 1.30. The minimum Gasteiger partial charge on any atom is -0.484 e. The fraction of sp³-hybridized carbons (Fsp3) is 0.429. The molecule has 0 saturated carbocycles. The van der Waals surface area contributed by atoms with Crippen molar-refractivity contribution in [1.29, 1.82) is 0 Å². The van der Waals surface area contributed by atoms with Gasteiger partial charge in [-0.05, 0) is 67.5 Å². The van der Waals surface area contributed by atoms with Crippen LogP contribution in [0.25, 0.3) is 5.69 Å².